The first-order valence-electron chi connectivity index (χ1n) is 3.20. The molecule has 1 rings (SSSR count). The number of hydrogen-bond donors (Lipinski definition) is 0. The van der Waals surface area contributed by atoms with Crippen LogP contribution in [0.5, 0.6) is 0 Å². The average molecular weight is 247 g/mol. The van der Waals surface area contributed by atoms with E-state index in [2.05, 4.69) is 31.2 Å². The van der Waals surface area contributed by atoms with Gasteiger partial charge in [-0.15, -0.1) is 0 Å². The third kappa shape index (κ3) is 8.84. The Morgan fingerprint density at radius 1 is 1.45 bits per heavy atom. The molecule has 0 saturated carbocycles. The Morgan fingerprint density at radius 3 is 2.18 bits per heavy atom. The molecule has 0 atom stereocenters. The molecule has 0 saturated heterocycles. The van der Waals surface area contributed by atoms with E-state index < -0.39 is 14.7 Å². The van der Waals surface area contributed by atoms with Crippen LogP contribution in [0.15, 0.2) is 24.3 Å². The van der Waals surface area contributed by atoms with Crippen LogP contribution in [-0.4, -0.2) is 0 Å². The van der Waals surface area contributed by atoms with Crippen molar-refractivity contribution in [2.24, 2.45) is 0 Å². The molecular weight excluding hydrogens is 238 g/mol. The van der Waals surface area contributed by atoms with Crippen LogP contribution in [0.4, 0.5) is 0 Å². The molecule has 4 heteroatoms. The van der Waals surface area contributed by atoms with Crippen molar-refractivity contribution >= 4 is 27.9 Å². The molecule has 0 nitrogen and oxygen atoms in total. The zero-order chi connectivity index (χ0) is 8.69. The number of hydrogen-bond acceptors (Lipinski definition) is 0. The maximum absolute atomic E-state index is 4.97. The summed E-state index contributed by atoms with van der Waals surface area (Å²) in [6.45, 7) is 2.16. The molecule has 0 radical (unpaired) electrons. The second-order valence-electron chi connectivity index (χ2n) is 1.86. The van der Waals surface area contributed by atoms with Gasteiger partial charge in [-0.25, -0.2) is 12.1 Å². The molecule has 0 spiro atoms. The Balaban J connectivity index is 0.000000218. The number of rotatable bonds is 1. The van der Waals surface area contributed by atoms with Gasteiger partial charge < -0.3 is 0 Å². The van der Waals surface area contributed by atoms with Gasteiger partial charge in [0.2, 0.25) is 0 Å². The molecule has 0 amide bonds. The summed E-state index contributed by atoms with van der Waals surface area (Å²) in [7, 11) is 14.9. The molecule has 11 heavy (non-hydrogen) atoms. The molecular formula is C7H9Cl3Ti. The minimum atomic E-state index is -1.92. The summed E-state index contributed by atoms with van der Waals surface area (Å²) >= 11 is -1.92. The van der Waals surface area contributed by atoms with Crippen LogP contribution < -0.4 is 0 Å². The summed E-state index contributed by atoms with van der Waals surface area (Å²) < 4.78 is 0. The third-order valence-electron chi connectivity index (χ3n) is 1.14. The molecule has 0 aliphatic rings. The molecule has 62 valence electrons. The van der Waals surface area contributed by atoms with E-state index in [9.17, 15) is 0 Å². The Bertz CT molecular complexity index is 157. The Hall–Kier alpha value is 0.934. The monoisotopic (exact) mass is 246 g/mol. The van der Waals surface area contributed by atoms with Gasteiger partial charge in [0.15, 0.2) is 0 Å². The normalized spacial score (nSPS) is 8.36. The number of halogens is 3. The van der Waals surface area contributed by atoms with E-state index in [-0.39, 0.29) is 0 Å². The van der Waals surface area contributed by atoms with E-state index in [0.717, 1.165) is 6.42 Å². The van der Waals surface area contributed by atoms with E-state index in [0.29, 0.717) is 0 Å². The molecule has 0 fully saturated rings. The summed E-state index contributed by atoms with van der Waals surface area (Å²) in [4.78, 5) is 0. The third-order valence-corrected chi connectivity index (χ3v) is 1.14. The quantitative estimate of drug-likeness (QED) is 0.519. The Labute approximate surface area is 85.3 Å². The van der Waals surface area contributed by atoms with Crippen molar-refractivity contribution in [3.63, 3.8) is 0 Å². The molecule has 1 aromatic rings. The second-order valence-corrected chi connectivity index (χ2v) is 9.60. The summed E-state index contributed by atoms with van der Waals surface area (Å²) in [6.07, 6.45) is 1.16. The van der Waals surface area contributed by atoms with Crippen molar-refractivity contribution in [1.29, 1.82) is 0 Å². The van der Waals surface area contributed by atoms with Gasteiger partial charge >= 0.3 is 42.6 Å². The number of aryl methyl sites for hydroxylation is 1. The second kappa shape index (κ2) is 7.58. The van der Waals surface area contributed by atoms with E-state index in [1.807, 2.05) is 0 Å². The predicted molar refractivity (Wildman–Crippen MR) is 49.0 cm³/mol. The van der Waals surface area contributed by atoms with Gasteiger partial charge in [-0.2, -0.15) is 17.7 Å². The summed E-state index contributed by atoms with van der Waals surface area (Å²) in [6, 6.07) is 8.41. The molecule has 0 aliphatic heterocycles. The van der Waals surface area contributed by atoms with Crippen molar-refractivity contribution in [2.45, 2.75) is 13.3 Å². The van der Waals surface area contributed by atoms with Crippen LogP contribution in [-0.2, 0) is 21.1 Å². The summed E-state index contributed by atoms with van der Waals surface area (Å²) in [5, 5.41) is 0. The first-order chi connectivity index (χ1) is 5.16. The first kappa shape index (κ1) is 11.9. The van der Waals surface area contributed by atoms with Crippen molar-refractivity contribution in [3.05, 3.63) is 29.8 Å². The van der Waals surface area contributed by atoms with Gasteiger partial charge in [0.05, 0.1) is 0 Å². The van der Waals surface area contributed by atoms with E-state index in [1.54, 1.807) is 0 Å². The fourth-order valence-electron chi connectivity index (χ4n) is 0.650. The minimum absolute atomic E-state index is 1.16. The van der Waals surface area contributed by atoms with Gasteiger partial charge in [0.25, 0.3) is 0 Å². The Morgan fingerprint density at radius 2 is 2.00 bits per heavy atom. The SMILES string of the molecule is CCc1ccc[cH-]1.[Cl][Ti+]([Cl])[Cl]. The van der Waals surface area contributed by atoms with Crippen LogP contribution >= 0.6 is 27.9 Å². The predicted octanol–water partition coefficient (Wildman–Crippen LogP) is 4.03. The van der Waals surface area contributed by atoms with Gasteiger partial charge in [0.1, 0.15) is 0 Å². The standard InChI is InChI=1S/C7H9.3ClH.Ti/c1-2-7-5-3-4-6-7;;;;/h3-6H,2H2,1H3;3*1H;/q-1;;;;+4/p-3. The van der Waals surface area contributed by atoms with Crippen molar-refractivity contribution in [3.8, 4) is 0 Å². The first-order valence-corrected chi connectivity index (χ1v) is 9.65. The maximum atomic E-state index is 4.97. The van der Waals surface area contributed by atoms with Gasteiger partial charge in [-0.3, -0.25) is 0 Å². The average Bonchev–Trinajstić information content (AvgIpc) is 2.36. The molecule has 0 aliphatic carbocycles. The van der Waals surface area contributed by atoms with Crippen LogP contribution in [0.25, 0.3) is 0 Å². The fraction of sp³-hybridized carbons (Fsp3) is 0.286. The van der Waals surface area contributed by atoms with Crippen molar-refractivity contribution < 1.29 is 14.7 Å². The van der Waals surface area contributed by atoms with Crippen molar-refractivity contribution in [2.75, 3.05) is 0 Å². The van der Waals surface area contributed by atoms with Crippen LogP contribution in [0.1, 0.15) is 12.5 Å². The molecule has 0 heterocycles. The molecule has 1 aromatic carbocycles. The topological polar surface area (TPSA) is 0 Å². The van der Waals surface area contributed by atoms with E-state index >= 15 is 0 Å². The fourth-order valence-corrected chi connectivity index (χ4v) is 0.650. The zero-order valence-corrected chi connectivity index (χ0v) is 9.98. The van der Waals surface area contributed by atoms with Gasteiger partial charge in [-0.05, 0) is 0 Å². The molecule has 0 bridgehead atoms. The molecule has 0 N–H and O–H groups in total. The molecule has 0 aromatic heterocycles. The summed E-state index contributed by atoms with van der Waals surface area (Å²) in [5.41, 5.74) is 1.43. The van der Waals surface area contributed by atoms with Crippen molar-refractivity contribution in [1.82, 2.24) is 0 Å². The van der Waals surface area contributed by atoms with Crippen LogP contribution in [0.3, 0.4) is 0 Å². The van der Waals surface area contributed by atoms with Gasteiger partial charge in [-0.1, -0.05) is 13.3 Å². The van der Waals surface area contributed by atoms with E-state index in [1.165, 1.54) is 5.56 Å². The van der Waals surface area contributed by atoms with Crippen LogP contribution in [0.2, 0.25) is 0 Å². The zero-order valence-electron chi connectivity index (χ0n) is 6.15. The van der Waals surface area contributed by atoms with E-state index in [4.69, 9.17) is 27.9 Å². The Kier molecular flexibility index (Phi) is 8.22. The van der Waals surface area contributed by atoms with Crippen LogP contribution in [0, 0.1) is 0 Å². The molecule has 0 unspecified atom stereocenters. The van der Waals surface area contributed by atoms with Gasteiger partial charge in [0, 0.05) is 0 Å². The summed E-state index contributed by atoms with van der Waals surface area (Å²) in [5.74, 6) is 0.